The number of carbonyl (C=O) groups excluding carboxylic acids is 1. The summed E-state index contributed by atoms with van der Waals surface area (Å²) >= 11 is 6.43. The Morgan fingerprint density at radius 1 is 0.821 bits per heavy atom. The first kappa shape index (κ1) is 24.1. The molecule has 1 saturated carbocycles. The molecular weight excluding hydrogens is 508 g/mol. The Kier molecular flexibility index (Phi) is 5.78. The fourth-order valence-corrected chi connectivity index (χ4v) is 6.42. The lowest BCUT2D eigenvalue weighted by molar-refractivity contribution is 0.0224. The molecule has 4 aromatic carbocycles. The van der Waals surface area contributed by atoms with Crippen molar-refractivity contribution in [2.24, 2.45) is 0 Å². The molecule has 4 aromatic rings. The van der Waals surface area contributed by atoms with Crippen LogP contribution in [0.4, 0.5) is 17.1 Å². The minimum absolute atomic E-state index is 0.337. The largest absolute Gasteiger partial charge is 0.456 e. The summed E-state index contributed by atoms with van der Waals surface area (Å²) < 4.78 is 12.9. The number of hydrogen-bond donors (Lipinski definition) is 2. The summed E-state index contributed by atoms with van der Waals surface area (Å²) in [6.45, 7) is 2.10. The van der Waals surface area contributed by atoms with E-state index in [0.717, 1.165) is 39.3 Å². The Labute approximate surface area is 233 Å². The van der Waals surface area contributed by atoms with Crippen LogP contribution in [0, 0.1) is 6.92 Å². The first-order valence-electron chi connectivity index (χ1n) is 13.6. The number of carbonyl (C=O) groups is 1. The number of esters is 1. The van der Waals surface area contributed by atoms with E-state index in [1.165, 1.54) is 32.1 Å². The van der Waals surface area contributed by atoms with Crippen LogP contribution in [0.3, 0.4) is 0 Å². The van der Waals surface area contributed by atoms with Crippen LogP contribution in [-0.2, 0) is 10.3 Å². The topological polar surface area (TPSA) is 59.6 Å². The van der Waals surface area contributed by atoms with Gasteiger partial charge in [-0.1, -0.05) is 61.2 Å². The van der Waals surface area contributed by atoms with Gasteiger partial charge in [-0.05, 0) is 67.8 Å². The van der Waals surface area contributed by atoms with E-state index < -0.39 is 5.60 Å². The van der Waals surface area contributed by atoms with Crippen molar-refractivity contribution in [2.75, 3.05) is 10.6 Å². The zero-order chi connectivity index (χ0) is 26.6. The standard InChI is InChI=1S/C33H29ClN2O3/c1-20-17-25-31(19-29(20)35-21-9-3-2-4-10-21)38-30-16-15-22(36-28-14-8-7-13-27(28)34)18-26(30)33(25)24-12-6-5-11-23(24)32(37)39-33/h5-8,11-19,21,35-36H,2-4,9-10H2,1H3. The highest BCUT2D eigenvalue weighted by Crippen LogP contribution is 2.57. The first-order chi connectivity index (χ1) is 19.0. The summed E-state index contributed by atoms with van der Waals surface area (Å²) in [7, 11) is 0. The molecule has 3 aliphatic rings. The molecule has 0 radical (unpaired) electrons. The molecule has 1 unspecified atom stereocenters. The molecular formula is C33H29ClN2O3. The molecule has 0 saturated heterocycles. The van der Waals surface area contributed by atoms with Crippen molar-refractivity contribution in [1.82, 2.24) is 0 Å². The van der Waals surface area contributed by atoms with E-state index in [-0.39, 0.29) is 5.97 Å². The summed E-state index contributed by atoms with van der Waals surface area (Å²) in [5, 5.41) is 7.80. The second-order valence-electron chi connectivity index (χ2n) is 10.7. The Morgan fingerprint density at radius 2 is 1.59 bits per heavy atom. The van der Waals surface area contributed by atoms with Crippen LogP contribution >= 0.6 is 11.6 Å². The molecule has 1 fully saturated rings. The number of aryl methyl sites for hydroxylation is 1. The van der Waals surface area contributed by atoms with Gasteiger partial charge >= 0.3 is 5.97 Å². The predicted molar refractivity (Wildman–Crippen MR) is 155 cm³/mol. The molecule has 2 N–H and O–H groups in total. The van der Waals surface area contributed by atoms with Crippen molar-refractivity contribution in [1.29, 1.82) is 0 Å². The maximum atomic E-state index is 13.3. The maximum Gasteiger partial charge on any atom is 0.340 e. The van der Waals surface area contributed by atoms with Gasteiger partial charge in [0, 0.05) is 40.2 Å². The number of nitrogens with one attached hydrogen (secondary N) is 2. The number of ether oxygens (including phenoxy) is 2. The Hall–Kier alpha value is -3.96. The third-order valence-corrected chi connectivity index (χ3v) is 8.50. The zero-order valence-electron chi connectivity index (χ0n) is 21.7. The lowest BCUT2D eigenvalue weighted by Crippen LogP contribution is -2.33. The average Bonchev–Trinajstić information content (AvgIpc) is 3.25. The van der Waals surface area contributed by atoms with Crippen LogP contribution in [-0.4, -0.2) is 12.0 Å². The lowest BCUT2D eigenvalue weighted by atomic mass is 9.77. The van der Waals surface area contributed by atoms with Gasteiger partial charge in [-0.3, -0.25) is 0 Å². The molecule has 2 aliphatic heterocycles. The van der Waals surface area contributed by atoms with Gasteiger partial charge in [-0.25, -0.2) is 4.79 Å². The Balaban J connectivity index is 1.38. The zero-order valence-corrected chi connectivity index (χ0v) is 22.5. The Bertz CT molecular complexity index is 1610. The van der Waals surface area contributed by atoms with E-state index in [4.69, 9.17) is 21.1 Å². The minimum atomic E-state index is -1.12. The summed E-state index contributed by atoms with van der Waals surface area (Å²) in [5.74, 6) is 1.02. The summed E-state index contributed by atoms with van der Waals surface area (Å²) in [6, 6.07) is 25.8. The van der Waals surface area contributed by atoms with E-state index in [1.54, 1.807) is 0 Å². The molecule has 1 atom stereocenters. The maximum absolute atomic E-state index is 13.3. The second-order valence-corrected chi connectivity index (χ2v) is 11.1. The van der Waals surface area contributed by atoms with Crippen molar-refractivity contribution in [3.8, 4) is 11.5 Å². The summed E-state index contributed by atoms with van der Waals surface area (Å²) in [4.78, 5) is 13.3. The lowest BCUT2D eigenvalue weighted by Gasteiger charge is -2.37. The molecule has 5 nitrogen and oxygen atoms in total. The van der Waals surface area contributed by atoms with Gasteiger partial charge in [0.15, 0.2) is 5.60 Å². The van der Waals surface area contributed by atoms with E-state index in [9.17, 15) is 4.79 Å². The fraction of sp³-hybridized carbons (Fsp3) is 0.242. The predicted octanol–water partition coefficient (Wildman–Crippen LogP) is 8.70. The number of hydrogen-bond acceptors (Lipinski definition) is 5. The smallest absolute Gasteiger partial charge is 0.340 e. The van der Waals surface area contributed by atoms with Crippen LogP contribution in [0.2, 0.25) is 5.02 Å². The normalized spacial score (nSPS) is 19.5. The highest BCUT2D eigenvalue weighted by atomic mass is 35.5. The number of fused-ring (bicyclic) bond motifs is 6. The van der Waals surface area contributed by atoms with Crippen molar-refractivity contribution in [3.63, 3.8) is 0 Å². The van der Waals surface area contributed by atoms with E-state index in [1.807, 2.05) is 66.7 Å². The number of para-hydroxylation sites is 1. The van der Waals surface area contributed by atoms with E-state index >= 15 is 0 Å². The van der Waals surface area contributed by atoms with Crippen LogP contribution in [0.1, 0.15) is 64.7 Å². The first-order valence-corrected chi connectivity index (χ1v) is 14.0. The number of rotatable bonds is 4. The van der Waals surface area contributed by atoms with Crippen molar-refractivity contribution in [3.05, 3.63) is 112 Å². The molecule has 0 bridgehead atoms. The van der Waals surface area contributed by atoms with Gasteiger partial charge in [0.05, 0.1) is 16.3 Å². The van der Waals surface area contributed by atoms with E-state index in [0.29, 0.717) is 28.1 Å². The van der Waals surface area contributed by atoms with Gasteiger partial charge in [0.25, 0.3) is 0 Å². The average molecular weight is 537 g/mol. The van der Waals surface area contributed by atoms with Crippen LogP contribution in [0.25, 0.3) is 0 Å². The number of anilines is 3. The molecule has 0 aromatic heterocycles. The molecule has 1 aliphatic carbocycles. The third-order valence-electron chi connectivity index (χ3n) is 8.17. The second kappa shape index (κ2) is 9.35. The number of benzene rings is 4. The number of halogens is 1. The molecule has 6 heteroatoms. The molecule has 2 heterocycles. The third kappa shape index (κ3) is 3.95. The van der Waals surface area contributed by atoms with Gasteiger partial charge in [0.2, 0.25) is 0 Å². The quantitative estimate of drug-likeness (QED) is 0.255. The molecule has 1 spiro atoms. The molecule has 7 rings (SSSR count). The molecule has 0 amide bonds. The highest BCUT2D eigenvalue weighted by molar-refractivity contribution is 6.33. The van der Waals surface area contributed by atoms with Crippen LogP contribution in [0.5, 0.6) is 11.5 Å². The van der Waals surface area contributed by atoms with Gasteiger partial charge in [-0.2, -0.15) is 0 Å². The van der Waals surface area contributed by atoms with Crippen LogP contribution in [0.15, 0.2) is 78.9 Å². The molecule has 39 heavy (non-hydrogen) atoms. The minimum Gasteiger partial charge on any atom is -0.456 e. The van der Waals surface area contributed by atoms with Crippen molar-refractivity contribution >= 4 is 34.6 Å². The molecule has 196 valence electrons. The van der Waals surface area contributed by atoms with Gasteiger partial charge in [-0.15, -0.1) is 0 Å². The van der Waals surface area contributed by atoms with Crippen molar-refractivity contribution in [2.45, 2.75) is 50.7 Å². The highest BCUT2D eigenvalue weighted by Gasteiger charge is 2.53. The van der Waals surface area contributed by atoms with Crippen LogP contribution < -0.4 is 15.4 Å². The van der Waals surface area contributed by atoms with Crippen molar-refractivity contribution < 1.29 is 14.3 Å². The summed E-state index contributed by atoms with van der Waals surface area (Å²) in [6.07, 6.45) is 6.17. The monoisotopic (exact) mass is 536 g/mol. The van der Waals surface area contributed by atoms with E-state index in [2.05, 4.69) is 29.7 Å². The Morgan fingerprint density at radius 3 is 2.44 bits per heavy atom. The summed E-state index contributed by atoms with van der Waals surface area (Å²) in [5.41, 5.74) is 5.65. The van der Waals surface area contributed by atoms with Gasteiger partial charge in [0.1, 0.15) is 11.5 Å². The SMILES string of the molecule is Cc1cc2c(cc1NC1CCCCC1)Oc1ccc(Nc3ccccc3Cl)cc1C21OC(=O)c2ccccc21. The fourth-order valence-electron chi connectivity index (χ4n) is 6.24. The van der Waals surface area contributed by atoms with Gasteiger partial charge < -0.3 is 20.1 Å².